The largest absolute Gasteiger partial charge is 0.334 e. The number of nitrogens with zero attached hydrogens (tertiary/aromatic N) is 3. The van der Waals surface area contributed by atoms with Crippen LogP contribution in [0.4, 0.5) is 0 Å². The third kappa shape index (κ3) is 2.22. The fraction of sp³-hybridized carbons (Fsp3) is 0.267. The number of carbonyl (C=O) groups is 1. The number of aryl methyl sites for hydroxylation is 1. The smallest absolute Gasteiger partial charge is 0.254 e. The number of aromatic nitrogens is 2. The molecule has 0 saturated heterocycles. The van der Waals surface area contributed by atoms with Crippen molar-refractivity contribution in [3.63, 3.8) is 0 Å². The van der Waals surface area contributed by atoms with Crippen LogP contribution < -0.4 is 5.56 Å². The lowest BCUT2D eigenvalue weighted by molar-refractivity contribution is 0.0733. The first-order chi connectivity index (χ1) is 9.65. The Morgan fingerprint density at radius 2 is 2.20 bits per heavy atom. The Kier molecular flexibility index (Phi) is 3.10. The van der Waals surface area contributed by atoms with Crippen molar-refractivity contribution < 1.29 is 4.79 Å². The summed E-state index contributed by atoms with van der Waals surface area (Å²) in [6.45, 7) is 1.19. The van der Waals surface area contributed by atoms with Gasteiger partial charge in [0.05, 0.1) is 0 Å². The summed E-state index contributed by atoms with van der Waals surface area (Å²) in [6, 6.07) is 6.94. The molecular formula is C15H15N3O2. The van der Waals surface area contributed by atoms with Crippen molar-refractivity contribution in [3.05, 3.63) is 63.8 Å². The topological polar surface area (TPSA) is 55.2 Å². The van der Waals surface area contributed by atoms with E-state index in [0.717, 1.165) is 17.7 Å². The van der Waals surface area contributed by atoms with E-state index in [-0.39, 0.29) is 11.5 Å². The van der Waals surface area contributed by atoms with Crippen molar-refractivity contribution in [1.82, 2.24) is 14.5 Å². The second-order valence-corrected chi connectivity index (χ2v) is 4.95. The van der Waals surface area contributed by atoms with Crippen molar-refractivity contribution in [3.8, 4) is 0 Å². The van der Waals surface area contributed by atoms with Crippen LogP contribution in [0.2, 0.25) is 0 Å². The van der Waals surface area contributed by atoms with Gasteiger partial charge in [-0.15, -0.1) is 0 Å². The molecule has 0 bridgehead atoms. The van der Waals surface area contributed by atoms with Crippen LogP contribution in [0.5, 0.6) is 0 Å². The SMILES string of the molecule is Cn1ccc(C(=O)N2CCc3ncccc3C2)cc1=O. The van der Waals surface area contributed by atoms with Gasteiger partial charge in [0.25, 0.3) is 11.5 Å². The first kappa shape index (κ1) is 12.6. The summed E-state index contributed by atoms with van der Waals surface area (Å²) in [5.41, 5.74) is 2.41. The van der Waals surface area contributed by atoms with Gasteiger partial charge < -0.3 is 9.47 Å². The highest BCUT2D eigenvalue weighted by Crippen LogP contribution is 2.18. The summed E-state index contributed by atoms with van der Waals surface area (Å²) >= 11 is 0. The maximum atomic E-state index is 12.4. The van der Waals surface area contributed by atoms with Crippen LogP contribution in [0.25, 0.3) is 0 Å². The Morgan fingerprint density at radius 1 is 1.35 bits per heavy atom. The van der Waals surface area contributed by atoms with E-state index in [1.54, 1.807) is 30.4 Å². The lowest BCUT2D eigenvalue weighted by Gasteiger charge is -2.28. The van der Waals surface area contributed by atoms with Crippen LogP contribution in [0, 0.1) is 0 Å². The molecule has 0 aromatic carbocycles. The number of amides is 1. The van der Waals surface area contributed by atoms with Gasteiger partial charge in [-0.25, -0.2) is 0 Å². The van der Waals surface area contributed by atoms with E-state index in [0.29, 0.717) is 18.7 Å². The molecule has 3 rings (SSSR count). The molecule has 102 valence electrons. The van der Waals surface area contributed by atoms with Crippen LogP contribution >= 0.6 is 0 Å². The molecule has 1 aliphatic heterocycles. The van der Waals surface area contributed by atoms with Gasteiger partial charge in [0.1, 0.15) is 0 Å². The van der Waals surface area contributed by atoms with Gasteiger partial charge in [-0.2, -0.15) is 0 Å². The van der Waals surface area contributed by atoms with E-state index >= 15 is 0 Å². The summed E-state index contributed by atoms with van der Waals surface area (Å²) < 4.78 is 1.45. The molecule has 1 amide bonds. The quantitative estimate of drug-likeness (QED) is 0.775. The molecule has 5 nitrogen and oxygen atoms in total. The molecular weight excluding hydrogens is 254 g/mol. The molecule has 0 atom stereocenters. The molecule has 0 spiro atoms. The second-order valence-electron chi connectivity index (χ2n) is 4.95. The Bertz CT molecular complexity index is 721. The van der Waals surface area contributed by atoms with E-state index in [9.17, 15) is 9.59 Å². The highest BCUT2D eigenvalue weighted by atomic mass is 16.2. The number of pyridine rings is 2. The number of hydrogen-bond acceptors (Lipinski definition) is 3. The Morgan fingerprint density at radius 3 is 3.00 bits per heavy atom. The van der Waals surface area contributed by atoms with Gasteiger partial charge in [-0.05, 0) is 17.7 Å². The predicted molar refractivity (Wildman–Crippen MR) is 74.4 cm³/mol. The van der Waals surface area contributed by atoms with Gasteiger partial charge in [0, 0.05) is 56.3 Å². The van der Waals surface area contributed by atoms with Crippen molar-refractivity contribution in [1.29, 1.82) is 0 Å². The van der Waals surface area contributed by atoms with Crippen molar-refractivity contribution in [2.75, 3.05) is 6.54 Å². The van der Waals surface area contributed by atoms with E-state index in [4.69, 9.17) is 0 Å². The van der Waals surface area contributed by atoms with Crippen LogP contribution in [0.3, 0.4) is 0 Å². The molecule has 0 unspecified atom stereocenters. The monoisotopic (exact) mass is 269 g/mol. The lowest BCUT2D eigenvalue weighted by Crippen LogP contribution is -2.37. The van der Waals surface area contributed by atoms with Gasteiger partial charge in [0.15, 0.2) is 0 Å². The van der Waals surface area contributed by atoms with E-state index in [1.165, 1.54) is 10.6 Å². The molecule has 3 heterocycles. The highest BCUT2D eigenvalue weighted by molar-refractivity contribution is 5.94. The van der Waals surface area contributed by atoms with E-state index < -0.39 is 0 Å². The minimum absolute atomic E-state index is 0.0998. The number of hydrogen-bond donors (Lipinski definition) is 0. The fourth-order valence-electron chi connectivity index (χ4n) is 2.40. The molecule has 1 aliphatic rings. The molecule has 20 heavy (non-hydrogen) atoms. The number of rotatable bonds is 1. The summed E-state index contributed by atoms with van der Waals surface area (Å²) in [4.78, 5) is 30.1. The van der Waals surface area contributed by atoms with Gasteiger partial charge in [0.2, 0.25) is 0 Å². The van der Waals surface area contributed by atoms with Crippen molar-refractivity contribution in [2.45, 2.75) is 13.0 Å². The minimum atomic E-state index is -0.171. The zero-order valence-corrected chi connectivity index (χ0v) is 11.2. The summed E-state index contributed by atoms with van der Waals surface area (Å²) in [5.74, 6) is -0.0998. The fourth-order valence-corrected chi connectivity index (χ4v) is 2.40. The Labute approximate surface area is 116 Å². The lowest BCUT2D eigenvalue weighted by atomic mass is 10.0. The molecule has 2 aromatic heterocycles. The highest BCUT2D eigenvalue weighted by Gasteiger charge is 2.22. The van der Waals surface area contributed by atoms with E-state index in [2.05, 4.69) is 4.98 Å². The third-order valence-corrected chi connectivity index (χ3v) is 3.60. The van der Waals surface area contributed by atoms with Crippen molar-refractivity contribution in [2.24, 2.45) is 7.05 Å². The van der Waals surface area contributed by atoms with Crippen LogP contribution in [-0.4, -0.2) is 26.9 Å². The first-order valence-electron chi connectivity index (χ1n) is 6.54. The summed E-state index contributed by atoms with van der Waals surface area (Å²) in [7, 11) is 1.67. The Hall–Kier alpha value is -2.43. The second kappa shape index (κ2) is 4.92. The third-order valence-electron chi connectivity index (χ3n) is 3.60. The average molecular weight is 269 g/mol. The molecule has 0 N–H and O–H groups in total. The zero-order chi connectivity index (χ0) is 14.1. The summed E-state index contributed by atoms with van der Waals surface area (Å²) in [5, 5.41) is 0. The maximum Gasteiger partial charge on any atom is 0.254 e. The van der Waals surface area contributed by atoms with Crippen LogP contribution in [-0.2, 0) is 20.0 Å². The standard InChI is InChI=1S/C15H15N3O2/c1-17-7-4-11(9-14(17)19)15(20)18-8-5-13-12(10-18)3-2-6-16-13/h2-4,6-7,9H,5,8,10H2,1H3. The number of fused-ring (bicyclic) bond motifs is 1. The minimum Gasteiger partial charge on any atom is -0.334 e. The van der Waals surface area contributed by atoms with Gasteiger partial charge in [-0.3, -0.25) is 14.6 Å². The number of carbonyl (C=O) groups excluding carboxylic acids is 1. The first-order valence-corrected chi connectivity index (χ1v) is 6.54. The van der Waals surface area contributed by atoms with Gasteiger partial charge >= 0.3 is 0 Å². The maximum absolute atomic E-state index is 12.4. The molecule has 0 fully saturated rings. The molecule has 0 radical (unpaired) electrons. The zero-order valence-electron chi connectivity index (χ0n) is 11.2. The normalized spacial score (nSPS) is 13.9. The Balaban J connectivity index is 1.85. The molecule has 5 heteroatoms. The molecule has 0 aliphatic carbocycles. The molecule has 0 saturated carbocycles. The van der Waals surface area contributed by atoms with E-state index in [1.807, 2.05) is 12.1 Å². The summed E-state index contributed by atoms with van der Waals surface area (Å²) in [6.07, 6.45) is 4.15. The average Bonchev–Trinajstić information content (AvgIpc) is 2.49. The van der Waals surface area contributed by atoms with Crippen molar-refractivity contribution >= 4 is 5.91 Å². The van der Waals surface area contributed by atoms with Gasteiger partial charge in [-0.1, -0.05) is 6.07 Å². The van der Waals surface area contributed by atoms with Crippen LogP contribution in [0.1, 0.15) is 21.6 Å². The molecule has 2 aromatic rings. The predicted octanol–water partition coefficient (Wildman–Crippen LogP) is 0.979. The van der Waals surface area contributed by atoms with Crippen LogP contribution in [0.15, 0.2) is 41.5 Å².